The molecule has 1 aliphatic heterocycles. The molecular formula is C21H29F3N4O2. The van der Waals surface area contributed by atoms with Crippen molar-refractivity contribution in [2.24, 2.45) is 10.9 Å². The zero-order valence-corrected chi connectivity index (χ0v) is 17.2. The first kappa shape index (κ1) is 22.2. The van der Waals surface area contributed by atoms with Crippen LogP contribution in [0, 0.1) is 5.92 Å². The van der Waals surface area contributed by atoms with Gasteiger partial charge in [0.25, 0.3) is 0 Å². The van der Waals surface area contributed by atoms with Gasteiger partial charge < -0.3 is 20.3 Å². The van der Waals surface area contributed by atoms with Crippen LogP contribution in [0.3, 0.4) is 0 Å². The molecule has 6 nitrogen and oxygen atoms in total. The number of nitrogens with one attached hydrogen (secondary N) is 2. The summed E-state index contributed by atoms with van der Waals surface area (Å²) >= 11 is 0. The quantitative estimate of drug-likeness (QED) is 0.542. The molecule has 1 saturated carbocycles. The molecule has 30 heavy (non-hydrogen) atoms. The third kappa shape index (κ3) is 6.27. The van der Waals surface area contributed by atoms with Gasteiger partial charge in [-0.05, 0) is 25.3 Å². The molecule has 1 atom stereocenters. The van der Waals surface area contributed by atoms with E-state index in [0.717, 1.165) is 38.6 Å². The number of nitrogens with zero attached hydrogens (tertiary/aromatic N) is 2. The number of benzene rings is 1. The van der Waals surface area contributed by atoms with Gasteiger partial charge in [-0.2, -0.15) is 13.2 Å². The Balaban J connectivity index is 1.49. The summed E-state index contributed by atoms with van der Waals surface area (Å²) in [6, 6.07) is 6.71. The van der Waals surface area contributed by atoms with Crippen molar-refractivity contribution in [1.82, 2.24) is 15.5 Å². The van der Waals surface area contributed by atoms with Gasteiger partial charge >= 0.3 is 6.18 Å². The van der Waals surface area contributed by atoms with E-state index in [2.05, 4.69) is 15.6 Å². The average molecular weight is 426 g/mol. The summed E-state index contributed by atoms with van der Waals surface area (Å²) in [6.45, 7) is 0.314. The normalized spacial score (nSPS) is 20.5. The van der Waals surface area contributed by atoms with E-state index in [1.54, 1.807) is 25.2 Å². The Morgan fingerprint density at radius 1 is 1.23 bits per heavy atom. The third-order valence-corrected chi connectivity index (χ3v) is 5.58. The minimum Gasteiger partial charge on any atom is -0.484 e. The average Bonchev–Trinajstić information content (AvgIpc) is 3.41. The standard InChI is InChI=1S/C21H29F3N4O2/c1-25-20(26-12-16-8-4-5-9-18(16)30-14-21(22,23)24)27-17-10-11-28(13-17)19(29)15-6-2-3-7-15/h4-5,8-9,15,17H,2-3,6-7,10-14H2,1H3,(H2,25,26,27). The topological polar surface area (TPSA) is 66.0 Å². The van der Waals surface area contributed by atoms with Crippen LogP contribution in [0.5, 0.6) is 5.75 Å². The van der Waals surface area contributed by atoms with Gasteiger partial charge in [0, 0.05) is 44.2 Å². The second-order valence-electron chi connectivity index (χ2n) is 7.83. The summed E-state index contributed by atoms with van der Waals surface area (Å²) in [4.78, 5) is 18.7. The number of carbonyl (C=O) groups excluding carboxylic acids is 1. The Hall–Kier alpha value is -2.45. The van der Waals surface area contributed by atoms with Crippen LogP contribution in [-0.4, -0.2) is 55.7 Å². The molecule has 0 radical (unpaired) electrons. The largest absolute Gasteiger partial charge is 0.484 e. The molecule has 2 N–H and O–H groups in total. The van der Waals surface area contributed by atoms with Gasteiger partial charge in [-0.25, -0.2) is 0 Å². The predicted molar refractivity (Wildman–Crippen MR) is 108 cm³/mol. The number of amides is 1. The summed E-state index contributed by atoms with van der Waals surface area (Å²) in [7, 11) is 1.64. The van der Waals surface area contributed by atoms with E-state index in [0.29, 0.717) is 18.1 Å². The molecule has 1 saturated heterocycles. The third-order valence-electron chi connectivity index (χ3n) is 5.58. The van der Waals surface area contributed by atoms with E-state index in [-0.39, 0.29) is 30.2 Å². The van der Waals surface area contributed by atoms with E-state index in [4.69, 9.17) is 4.74 Å². The number of guanidine groups is 1. The second kappa shape index (κ2) is 10.0. The van der Waals surface area contributed by atoms with Crippen LogP contribution in [0.1, 0.15) is 37.7 Å². The lowest BCUT2D eigenvalue weighted by Crippen LogP contribution is -2.45. The summed E-state index contributed by atoms with van der Waals surface area (Å²) in [6.07, 6.45) is 0.707. The number of ether oxygens (including phenoxy) is 1. The van der Waals surface area contributed by atoms with Crippen LogP contribution in [-0.2, 0) is 11.3 Å². The number of aliphatic imine (C=N–C) groups is 1. The van der Waals surface area contributed by atoms with Crippen molar-refractivity contribution >= 4 is 11.9 Å². The highest BCUT2D eigenvalue weighted by molar-refractivity contribution is 5.81. The Bertz CT molecular complexity index is 748. The molecule has 1 aromatic rings. The molecule has 1 aliphatic carbocycles. The van der Waals surface area contributed by atoms with Crippen molar-refractivity contribution < 1.29 is 22.7 Å². The molecule has 1 aromatic carbocycles. The van der Waals surface area contributed by atoms with Gasteiger partial charge in [0.05, 0.1) is 0 Å². The van der Waals surface area contributed by atoms with Crippen LogP contribution >= 0.6 is 0 Å². The van der Waals surface area contributed by atoms with Crippen LogP contribution < -0.4 is 15.4 Å². The first-order chi connectivity index (χ1) is 14.4. The van der Waals surface area contributed by atoms with Crippen molar-refractivity contribution in [3.05, 3.63) is 29.8 Å². The fraction of sp³-hybridized carbons (Fsp3) is 0.619. The molecule has 3 rings (SSSR count). The fourth-order valence-corrected chi connectivity index (χ4v) is 4.03. The zero-order chi connectivity index (χ0) is 21.6. The number of alkyl halides is 3. The zero-order valence-electron chi connectivity index (χ0n) is 17.2. The Labute approximate surface area is 174 Å². The molecule has 0 bridgehead atoms. The molecule has 1 heterocycles. The number of hydrogen-bond acceptors (Lipinski definition) is 3. The predicted octanol–water partition coefficient (Wildman–Crippen LogP) is 3.08. The highest BCUT2D eigenvalue weighted by atomic mass is 19.4. The van der Waals surface area contributed by atoms with Crippen LogP contribution in [0.25, 0.3) is 0 Å². The summed E-state index contributed by atoms with van der Waals surface area (Å²) < 4.78 is 42.3. The minimum atomic E-state index is -4.39. The van der Waals surface area contributed by atoms with Gasteiger partial charge in [0.15, 0.2) is 12.6 Å². The van der Waals surface area contributed by atoms with Gasteiger partial charge in [-0.15, -0.1) is 0 Å². The maximum Gasteiger partial charge on any atom is 0.422 e. The van der Waals surface area contributed by atoms with Gasteiger partial charge in [0.1, 0.15) is 5.75 Å². The highest BCUT2D eigenvalue weighted by Gasteiger charge is 2.32. The number of halogens is 3. The molecular weight excluding hydrogens is 397 g/mol. The number of para-hydroxylation sites is 1. The minimum absolute atomic E-state index is 0.0956. The number of rotatable bonds is 6. The molecule has 1 unspecified atom stereocenters. The van der Waals surface area contributed by atoms with Crippen molar-refractivity contribution in [1.29, 1.82) is 0 Å². The number of likely N-dealkylation sites (tertiary alicyclic amines) is 1. The number of carbonyl (C=O) groups is 1. The van der Waals surface area contributed by atoms with Crippen molar-refractivity contribution in [3.8, 4) is 5.75 Å². The van der Waals surface area contributed by atoms with Gasteiger partial charge in [-0.1, -0.05) is 31.0 Å². The lowest BCUT2D eigenvalue weighted by atomic mass is 10.1. The monoisotopic (exact) mass is 426 g/mol. The summed E-state index contributed by atoms with van der Waals surface area (Å²) in [5.74, 6) is 1.16. The van der Waals surface area contributed by atoms with Gasteiger partial charge in [0.2, 0.25) is 5.91 Å². The van der Waals surface area contributed by atoms with Crippen molar-refractivity contribution in [2.75, 3.05) is 26.7 Å². The van der Waals surface area contributed by atoms with E-state index in [1.165, 1.54) is 6.07 Å². The second-order valence-corrected chi connectivity index (χ2v) is 7.83. The molecule has 1 amide bonds. The molecule has 9 heteroatoms. The Morgan fingerprint density at radius 3 is 2.67 bits per heavy atom. The SMILES string of the molecule is CN=C(NCc1ccccc1OCC(F)(F)F)NC1CCN(C(=O)C2CCCC2)C1. The van der Waals surface area contributed by atoms with E-state index in [1.807, 2.05) is 4.90 Å². The molecule has 0 spiro atoms. The summed E-state index contributed by atoms with van der Waals surface area (Å²) in [5.41, 5.74) is 0.606. The lowest BCUT2D eigenvalue weighted by molar-refractivity contribution is -0.153. The molecule has 0 aromatic heterocycles. The van der Waals surface area contributed by atoms with Gasteiger partial charge in [-0.3, -0.25) is 9.79 Å². The number of hydrogen-bond donors (Lipinski definition) is 2. The fourth-order valence-electron chi connectivity index (χ4n) is 4.03. The Kier molecular flexibility index (Phi) is 7.44. The van der Waals surface area contributed by atoms with E-state index in [9.17, 15) is 18.0 Å². The first-order valence-electron chi connectivity index (χ1n) is 10.4. The van der Waals surface area contributed by atoms with Crippen molar-refractivity contribution in [3.63, 3.8) is 0 Å². The van der Waals surface area contributed by atoms with E-state index >= 15 is 0 Å². The Morgan fingerprint density at radius 2 is 1.97 bits per heavy atom. The van der Waals surface area contributed by atoms with Crippen LogP contribution in [0.4, 0.5) is 13.2 Å². The highest BCUT2D eigenvalue weighted by Crippen LogP contribution is 2.28. The smallest absolute Gasteiger partial charge is 0.422 e. The molecule has 2 aliphatic rings. The summed E-state index contributed by atoms with van der Waals surface area (Å²) in [5, 5.41) is 6.43. The van der Waals surface area contributed by atoms with Crippen LogP contribution in [0.2, 0.25) is 0 Å². The molecule has 166 valence electrons. The van der Waals surface area contributed by atoms with Crippen LogP contribution in [0.15, 0.2) is 29.3 Å². The lowest BCUT2D eigenvalue weighted by Gasteiger charge is -2.21. The maximum atomic E-state index is 12.6. The van der Waals surface area contributed by atoms with E-state index < -0.39 is 12.8 Å². The maximum absolute atomic E-state index is 12.6. The first-order valence-corrected chi connectivity index (χ1v) is 10.4. The van der Waals surface area contributed by atoms with Crippen molar-refractivity contribution in [2.45, 2.75) is 50.9 Å². The molecule has 2 fully saturated rings.